The minimum atomic E-state index is -0.272. The summed E-state index contributed by atoms with van der Waals surface area (Å²) in [7, 11) is 0. The molecule has 0 N–H and O–H groups in total. The number of para-hydroxylation sites is 1. The van der Waals surface area contributed by atoms with Crippen molar-refractivity contribution >= 4 is 17.5 Å². The first-order chi connectivity index (χ1) is 7.65. The van der Waals surface area contributed by atoms with Gasteiger partial charge in [-0.05, 0) is 18.1 Å². The lowest BCUT2D eigenvalue weighted by molar-refractivity contribution is -0.120. The Kier molecular flexibility index (Phi) is 2.60. The number of rotatable bonds is 2. The molecule has 3 nitrogen and oxygen atoms in total. The van der Waals surface area contributed by atoms with Crippen LogP contribution in [-0.4, -0.2) is 11.8 Å². The number of nitrogens with zero attached hydrogens (tertiary/aromatic N) is 1. The van der Waals surface area contributed by atoms with Crippen molar-refractivity contribution in [3.8, 4) is 0 Å². The number of imide groups is 1. The van der Waals surface area contributed by atoms with Crippen molar-refractivity contribution in [2.24, 2.45) is 0 Å². The van der Waals surface area contributed by atoms with Crippen molar-refractivity contribution in [1.29, 1.82) is 0 Å². The van der Waals surface area contributed by atoms with E-state index in [1.165, 1.54) is 4.90 Å². The molecule has 16 heavy (non-hydrogen) atoms. The van der Waals surface area contributed by atoms with Crippen LogP contribution in [0.25, 0.3) is 0 Å². The van der Waals surface area contributed by atoms with Crippen molar-refractivity contribution in [2.75, 3.05) is 4.90 Å². The van der Waals surface area contributed by atoms with Gasteiger partial charge in [0.2, 0.25) is 5.91 Å². The van der Waals surface area contributed by atoms with Crippen LogP contribution < -0.4 is 4.90 Å². The van der Waals surface area contributed by atoms with Crippen molar-refractivity contribution in [3.63, 3.8) is 0 Å². The van der Waals surface area contributed by atoms with Crippen LogP contribution in [0.15, 0.2) is 36.4 Å². The molecular formula is C13H13NO2. The molecule has 1 aliphatic rings. The molecule has 1 aliphatic heterocycles. The molecule has 2 amide bonds. The van der Waals surface area contributed by atoms with E-state index in [1.807, 2.05) is 25.1 Å². The number of hydrogen-bond donors (Lipinski definition) is 0. The van der Waals surface area contributed by atoms with Gasteiger partial charge in [-0.1, -0.05) is 31.7 Å². The summed E-state index contributed by atoms with van der Waals surface area (Å²) in [5.41, 5.74) is 2.06. The van der Waals surface area contributed by atoms with E-state index in [9.17, 15) is 9.59 Å². The molecule has 1 aromatic carbocycles. The van der Waals surface area contributed by atoms with Crippen LogP contribution in [-0.2, 0) is 16.0 Å². The zero-order valence-corrected chi connectivity index (χ0v) is 9.19. The maximum absolute atomic E-state index is 11.8. The molecule has 2 rings (SSSR count). The van der Waals surface area contributed by atoms with Gasteiger partial charge in [0.25, 0.3) is 5.91 Å². The predicted molar refractivity (Wildman–Crippen MR) is 62.1 cm³/mol. The van der Waals surface area contributed by atoms with Crippen LogP contribution in [0.4, 0.5) is 5.69 Å². The van der Waals surface area contributed by atoms with E-state index < -0.39 is 0 Å². The topological polar surface area (TPSA) is 37.4 Å². The van der Waals surface area contributed by atoms with Gasteiger partial charge in [-0.2, -0.15) is 0 Å². The summed E-state index contributed by atoms with van der Waals surface area (Å²) < 4.78 is 0. The van der Waals surface area contributed by atoms with E-state index in [-0.39, 0.29) is 18.2 Å². The lowest BCUT2D eigenvalue weighted by atomic mass is 10.1. The summed E-state index contributed by atoms with van der Waals surface area (Å²) in [5.74, 6) is -0.457. The molecule has 1 fully saturated rings. The summed E-state index contributed by atoms with van der Waals surface area (Å²) in [6.45, 7) is 5.60. The second kappa shape index (κ2) is 3.93. The van der Waals surface area contributed by atoms with E-state index >= 15 is 0 Å². The van der Waals surface area contributed by atoms with Crippen LogP contribution in [0.2, 0.25) is 0 Å². The van der Waals surface area contributed by atoms with Crippen molar-refractivity contribution in [2.45, 2.75) is 19.8 Å². The minimum Gasteiger partial charge on any atom is -0.274 e. The molecule has 0 aliphatic carbocycles. The monoisotopic (exact) mass is 215 g/mol. The highest BCUT2D eigenvalue weighted by Gasteiger charge is 2.34. The Bertz CT molecular complexity index is 477. The molecule has 82 valence electrons. The van der Waals surface area contributed by atoms with Crippen LogP contribution >= 0.6 is 0 Å². The van der Waals surface area contributed by atoms with Gasteiger partial charge < -0.3 is 0 Å². The molecule has 0 bridgehead atoms. The van der Waals surface area contributed by atoms with Gasteiger partial charge in [0.15, 0.2) is 0 Å². The summed E-state index contributed by atoms with van der Waals surface area (Å²) in [6, 6.07) is 7.46. The number of anilines is 1. The molecule has 1 aromatic rings. The van der Waals surface area contributed by atoms with Crippen molar-refractivity contribution < 1.29 is 9.59 Å². The first-order valence-corrected chi connectivity index (χ1v) is 5.28. The van der Waals surface area contributed by atoms with E-state index in [1.54, 1.807) is 6.07 Å². The molecule has 0 saturated carbocycles. The van der Waals surface area contributed by atoms with Crippen molar-refractivity contribution in [3.05, 3.63) is 42.0 Å². The quantitative estimate of drug-likeness (QED) is 0.559. The van der Waals surface area contributed by atoms with Gasteiger partial charge in [-0.3, -0.25) is 9.59 Å². The Morgan fingerprint density at radius 1 is 1.31 bits per heavy atom. The Morgan fingerprint density at radius 2 is 2.00 bits per heavy atom. The number of aryl methyl sites for hydroxylation is 1. The average Bonchev–Trinajstić information content (AvgIpc) is 2.53. The summed E-state index contributed by atoms with van der Waals surface area (Å²) >= 11 is 0. The molecule has 1 heterocycles. The fourth-order valence-electron chi connectivity index (χ4n) is 1.88. The second-order valence-corrected chi connectivity index (χ2v) is 3.80. The molecule has 0 spiro atoms. The zero-order chi connectivity index (χ0) is 11.7. The lowest BCUT2D eigenvalue weighted by Crippen LogP contribution is -2.29. The van der Waals surface area contributed by atoms with Crippen molar-refractivity contribution in [1.82, 2.24) is 0 Å². The van der Waals surface area contributed by atoms with Gasteiger partial charge in [0.1, 0.15) is 0 Å². The third-order valence-corrected chi connectivity index (χ3v) is 2.73. The van der Waals surface area contributed by atoms with Crippen LogP contribution in [0, 0.1) is 0 Å². The highest BCUT2D eigenvalue weighted by molar-refractivity contribution is 6.28. The highest BCUT2D eigenvalue weighted by atomic mass is 16.2. The van der Waals surface area contributed by atoms with Gasteiger partial charge in [0.05, 0.1) is 12.1 Å². The van der Waals surface area contributed by atoms with Gasteiger partial charge in [-0.25, -0.2) is 4.90 Å². The third-order valence-electron chi connectivity index (χ3n) is 2.73. The lowest BCUT2D eigenvalue weighted by Gasteiger charge is -2.16. The Balaban J connectivity index is 2.48. The Morgan fingerprint density at radius 3 is 2.56 bits per heavy atom. The standard InChI is InChI=1S/C13H13NO2/c1-3-10-6-4-5-7-11(10)14-12(15)8-9(2)13(14)16/h4-7H,2-3,8H2,1H3. The van der Waals surface area contributed by atoms with E-state index in [0.29, 0.717) is 11.3 Å². The number of carbonyl (C=O) groups excluding carboxylic acids is 2. The second-order valence-electron chi connectivity index (χ2n) is 3.80. The number of amides is 2. The fourth-order valence-corrected chi connectivity index (χ4v) is 1.88. The SMILES string of the molecule is C=C1CC(=O)N(c2ccccc2CC)C1=O. The summed E-state index contributed by atoms with van der Waals surface area (Å²) in [5, 5.41) is 0. The van der Waals surface area contributed by atoms with Crippen LogP contribution in [0.5, 0.6) is 0 Å². The van der Waals surface area contributed by atoms with Crippen LogP contribution in [0.1, 0.15) is 18.9 Å². The Hall–Kier alpha value is -1.90. The molecule has 0 aromatic heterocycles. The normalized spacial score (nSPS) is 16.1. The Labute approximate surface area is 94.4 Å². The molecular weight excluding hydrogens is 202 g/mol. The zero-order valence-electron chi connectivity index (χ0n) is 9.19. The van der Waals surface area contributed by atoms with Gasteiger partial charge in [0, 0.05) is 5.57 Å². The first-order valence-electron chi connectivity index (χ1n) is 5.28. The number of hydrogen-bond acceptors (Lipinski definition) is 2. The van der Waals surface area contributed by atoms with E-state index in [4.69, 9.17) is 0 Å². The predicted octanol–water partition coefficient (Wildman–Crippen LogP) is 2.07. The summed E-state index contributed by atoms with van der Waals surface area (Å²) in [4.78, 5) is 24.7. The maximum Gasteiger partial charge on any atom is 0.260 e. The fraction of sp³-hybridized carbons (Fsp3) is 0.231. The van der Waals surface area contributed by atoms with Gasteiger partial charge in [-0.15, -0.1) is 0 Å². The minimum absolute atomic E-state index is 0.136. The van der Waals surface area contributed by atoms with E-state index in [2.05, 4.69) is 6.58 Å². The van der Waals surface area contributed by atoms with Gasteiger partial charge >= 0.3 is 0 Å². The largest absolute Gasteiger partial charge is 0.274 e. The molecule has 1 saturated heterocycles. The number of carbonyl (C=O) groups is 2. The molecule has 0 radical (unpaired) electrons. The highest BCUT2D eigenvalue weighted by Crippen LogP contribution is 2.28. The summed E-state index contributed by atoms with van der Waals surface area (Å²) in [6.07, 6.45) is 0.927. The maximum atomic E-state index is 11.8. The average molecular weight is 215 g/mol. The van der Waals surface area contributed by atoms with E-state index in [0.717, 1.165) is 12.0 Å². The smallest absolute Gasteiger partial charge is 0.260 e. The first kappa shape index (κ1) is 10.6. The van der Waals surface area contributed by atoms with Crippen LogP contribution in [0.3, 0.4) is 0 Å². The molecule has 0 unspecified atom stereocenters. The third kappa shape index (κ3) is 1.54. The molecule has 0 atom stereocenters. The number of benzene rings is 1. The molecule has 3 heteroatoms.